The van der Waals surface area contributed by atoms with Gasteiger partial charge in [0.1, 0.15) is 0 Å². The predicted octanol–water partition coefficient (Wildman–Crippen LogP) is 2.20. The molecule has 18 heavy (non-hydrogen) atoms. The van der Waals surface area contributed by atoms with Gasteiger partial charge in [0.25, 0.3) is 0 Å². The second kappa shape index (κ2) is 4.30. The molecule has 1 aromatic carbocycles. The molecule has 2 aromatic rings. The zero-order chi connectivity index (χ0) is 13.5. The summed E-state index contributed by atoms with van der Waals surface area (Å²) in [5.74, 6) is 0. The molecule has 0 saturated heterocycles. The number of rotatable bonds is 2. The van der Waals surface area contributed by atoms with E-state index >= 15 is 0 Å². The summed E-state index contributed by atoms with van der Waals surface area (Å²) in [6, 6.07) is 5.28. The van der Waals surface area contributed by atoms with E-state index in [1.807, 2.05) is 6.07 Å². The van der Waals surface area contributed by atoms with Crippen LogP contribution in [0.3, 0.4) is 0 Å². The lowest BCUT2D eigenvalue weighted by atomic mass is 10.1. The van der Waals surface area contributed by atoms with Crippen molar-refractivity contribution in [1.29, 1.82) is 5.26 Å². The Bertz CT molecular complexity index is 758. The van der Waals surface area contributed by atoms with E-state index in [-0.39, 0.29) is 0 Å². The van der Waals surface area contributed by atoms with E-state index in [9.17, 15) is 8.42 Å². The smallest absolute Gasteiger partial charge is 0.232 e. The lowest BCUT2D eigenvalue weighted by Crippen LogP contribution is -2.25. The van der Waals surface area contributed by atoms with Crippen molar-refractivity contribution in [2.75, 3.05) is 17.6 Å². The minimum Gasteiger partial charge on any atom is -0.358 e. The van der Waals surface area contributed by atoms with Gasteiger partial charge in [0, 0.05) is 23.1 Å². The van der Waals surface area contributed by atoms with Gasteiger partial charge in [0.15, 0.2) is 0 Å². The Morgan fingerprint density at radius 1 is 1.44 bits per heavy atom. The third kappa shape index (κ3) is 2.09. The van der Waals surface area contributed by atoms with Gasteiger partial charge in [-0.05, 0) is 28.1 Å². The fraction of sp³-hybridized carbons (Fsp3) is 0.182. The Balaban J connectivity index is 2.82. The van der Waals surface area contributed by atoms with E-state index < -0.39 is 10.0 Å². The number of nitrogens with zero attached hydrogens (tertiary/aromatic N) is 2. The lowest BCUT2D eigenvalue weighted by Gasteiger charge is -2.17. The molecule has 94 valence electrons. The van der Waals surface area contributed by atoms with E-state index in [0.29, 0.717) is 16.8 Å². The quantitative estimate of drug-likeness (QED) is 0.918. The van der Waals surface area contributed by atoms with Crippen LogP contribution in [-0.2, 0) is 10.0 Å². The number of halogens is 1. The van der Waals surface area contributed by atoms with Crippen LogP contribution in [0.15, 0.2) is 22.8 Å². The molecule has 0 amide bonds. The number of fused-ring (bicyclic) bond motifs is 1. The monoisotopic (exact) mass is 327 g/mol. The molecule has 0 spiro atoms. The summed E-state index contributed by atoms with van der Waals surface area (Å²) in [6.45, 7) is 0. The summed E-state index contributed by atoms with van der Waals surface area (Å²) in [4.78, 5) is 3.00. The number of nitrogens with one attached hydrogen (secondary N) is 1. The zero-order valence-corrected chi connectivity index (χ0v) is 12.1. The van der Waals surface area contributed by atoms with E-state index in [4.69, 9.17) is 5.26 Å². The van der Waals surface area contributed by atoms with Crippen molar-refractivity contribution in [1.82, 2.24) is 4.98 Å². The minimum absolute atomic E-state index is 0.410. The topological polar surface area (TPSA) is 77.0 Å². The first-order valence-corrected chi connectivity index (χ1v) is 7.63. The number of H-pyrrole nitrogens is 1. The molecule has 0 unspecified atom stereocenters. The fourth-order valence-corrected chi connectivity index (χ4v) is 2.60. The molecule has 0 atom stereocenters. The van der Waals surface area contributed by atoms with Crippen molar-refractivity contribution in [2.45, 2.75) is 0 Å². The molecule has 0 aliphatic rings. The van der Waals surface area contributed by atoms with Crippen molar-refractivity contribution < 1.29 is 8.42 Å². The number of aromatic nitrogens is 1. The van der Waals surface area contributed by atoms with Crippen molar-refractivity contribution >= 4 is 42.5 Å². The van der Waals surface area contributed by atoms with Crippen LogP contribution in [0.4, 0.5) is 5.69 Å². The number of nitriles is 1. The summed E-state index contributed by atoms with van der Waals surface area (Å²) in [5.41, 5.74) is 1.54. The van der Waals surface area contributed by atoms with Crippen LogP contribution in [0.25, 0.3) is 10.9 Å². The molecule has 2 rings (SSSR count). The summed E-state index contributed by atoms with van der Waals surface area (Å²) in [7, 11) is -1.92. The second-order valence-corrected chi connectivity index (χ2v) is 6.76. The van der Waals surface area contributed by atoms with Crippen molar-refractivity contribution in [2.24, 2.45) is 0 Å². The molecule has 0 bridgehead atoms. The lowest BCUT2D eigenvalue weighted by molar-refractivity contribution is 0.600. The van der Waals surface area contributed by atoms with Crippen LogP contribution in [-0.4, -0.2) is 26.7 Å². The number of sulfonamides is 1. The van der Waals surface area contributed by atoms with Gasteiger partial charge in [0.05, 0.1) is 29.1 Å². The number of anilines is 1. The fourth-order valence-electron chi connectivity index (χ4n) is 1.67. The van der Waals surface area contributed by atoms with Crippen LogP contribution in [0.1, 0.15) is 5.56 Å². The van der Waals surface area contributed by atoms with Crippen LogP contribution in [0.2, 0.25) is 0 Å². The van der Waals surface area contributed by atoms with Crippen molar-refractivity contribution in [3.8, 4) is 6.07 Å². The maximum absolute atomic E-state index is 11.6. The molecule has 0 saturated carbocycles. The van der Waals surface area contributed by atoms with Crippen molar-refractivity contribution in [3.05, 3.63) is 28.4 Å². The number of aromatic amines is 1. The average Bonchev–Trinajstić information content (AvgIpc) is 2.68. The number of benzene rings is 1. The molecule has 0 radical (unpaired) electrons. The highest BCUT2D eigenvalue weighted by Gasteiger charge is 2.17. The van der Waals surface area contributed by atoms with E-state index in [2.05, 4.69) is 20.9 Å². The summed E-state index contributed by atoms with van der Waals surface area (Å²) < 4.78 is 25.1. The van der Waals surface area contributed by atoms with Gasteiger partial charge in [-0.25, -0.2) is 8.42 Å². The first-order valence-electron chi connectivity index (χ1n) is 4.99. The van der Waals surface area contributed by atoms with Gasteiger partial charge in [0.2, 0.25) is 10.0 Å². The molecule has 1 heterocycles. The van der Waals surface area contributed by atoms with E-state index in [1.165, 1.54) is 7.05 Å². The SMILES string of the molecule is CN(c1cc(C#N)cc2c(Br)c[nH]c12)S(C)(=O)=O. The van der Waals surface area contributed by atoms with Gasteiger partial charge >= 0.3 is 0 Å². The Morgan fingerprint density at radius 2 is 2.11 bits per heavy atom. The highest BCUT2D eigenvalue weighted by atomic mass is 79.9. The minimum atomic E-state index is -3.37. The summed E-state index contributed by atoms with van der Waals surface area (Å²) in [6.07, 6.45) is 2.83. The molecule has 7 heteroatoms. The molecule has 1 aromatic heterocycles. The molecular weight excluding hydrogens is 318 g/mol. The molecule has 0 fully saturated rings. The van der Waals surface area contributed by atoms with Gasteiger partial charge in [-0.3, -0.25) is 4.31 Å². The number of hydrogen-bond donors (Lipinski definition) is 1. The first kappa shape index (κ1) is 12.9. The normalized spacial score (nSPS) is 11.4. The Morgan fingerprint density at radius 3 is 2.67 bits per heavy atom. The average molecular weight is 328 g/mol. The molecule has 0 aliphatic heterocycles. The molecule has 5 nitrogen and oxygen atoms in total. The highest BCUT2D eigenvalue weighted by molar-refractivity contribution is 9.10. The maximum atomic E-state index is 11.6. The predicted molar refractivity (Wildman–Crippen MR) is 74.0 cm³/mol. The standard InChI is InChI=1S/C11H10BrN3O2S/c1-15(18(2,16)17)10-4-7(5-13)3-8-9(12)6-14-11(8)10/h3-4,6,14H,1-2H3. The largest absolute Gasteiger partial charge is 0.358 e. The van der Waals surface area contributed by atoms with E-state index in [0.717, 1.165) is 20.4 Å². The summed E-state index contributed by atoms with van der Waals surface area (Å²) in [5, 5.41) is 9.77. The van der Waals surface area contributed by atoms with Crippen LogP contribution >= 0.6 is 15.9 Å². The van der Waals surface area contributed by atoms with Gasteiger partial charge < -0.3 is 4.98 Å². The van der Waals surface area contributed by atoms with Crippen LogP contribution < -0.4 is 4.31 Å². The van der Waals surface area contributed by atoms with Crippen LogP contribution in [0.5, 0.6) is 0 Å². The van der Waals surface area contributed by atoms with E-state index in [1.54, 1.807) is 18.3 Å². The van der Waals surface area contributed by atoms with Gasteiger partial charge in [-0.15, -0.1) is 0 Å². The third-order valence-electron chi connectivity index (χ3n) is 2.68. The highest BCUT2D eigenvalue weighted by Crippen LogP contribution is 2.32. The Labute approximate surface area is 113 Å². The maximum Gasteiger partial charge on any atom is 0.232 e. The molecule has 1 N–H and O–H groups in total. The molecular formula is C11H10BrN3O2S. The Hall–Kier alpha value is -1.52. The first-order chi connectivity index (χ1) is 8.34. The molecule has 0 aliphatic carbocycles. The third-order valence-corrected chi connectivity index (χ3v) is 4.53. The Kier molecular flexibility index (Phi) is 3.09. The van der Waals surface area contributed by atoms with Gasteiger partial charge in [-0.1, -0.05) is 0 Å². The van der Waals surface area contributed by atoms with Crippen molar-refractivity contribution in [3.63, 3.8) is 0 Å². The zero-order valence-electron chi connectivity index (χ0n) is 9.73. The van der Waals surface area contributed by atoms with Gasteiger partial charge in [-0.2, -0.15) is 5.26 Å². The second-order valence-electron chi connectivity index (χ2n) is 3.90. The van der Waals surface area contributed by atoms with Crippen LogP contribution in [0, 0.1) is 11.3 Å². The number of hydrogen-bond acceptors (Lipinski definition) is 3. The summed E-state index contributed by atoms with van der Waals surface area (Å²) >= 11 is 3.36.